The van der Waals surface area contributed by atoms with Gasteiger partial charge in [-0.1, -0.05) is 23.7 Å². The Labute approximate surface area is 127 Å². The molecule has 0 aliphatic heterocycles. The number of aromatic nitrogens is 2. The predicted octanol–water partition coefficient (Wildman–Crippen LogP) is 2.12. The van der Waals surface area contributed by atoms with Crippen LogP contribution in [0.15, 0.2) is 29.1 Å². The zero-order valence-electron chi connectivity index (χ0n) is 11.7. The number of halogens is 1. The van der Waals surface area contributed by atoms with Gasteiger partial charge in [-0.2, -0.15) is 10.4 Å². The smallest absolute Gasteiger partial charge is 0.285 e. The number of aryl methyl sites for hydroxylation is 1. The van der Waals surface area contributed by atoms with Crippen LogP contribution in [0.2, 0.25) is 5.02 Å². The van der Waals surface area contributed by atoms with Gasteiger partial charge in [0, 0.05) is 5.02 Å². The van der Waals surface area contributed by atoms with Crippen LogP contribution >= 0.6 is 11.6 Å². The molecular formula is C15H14ClN3O2. The number of hydrogen-bond acceptors (Lipinski definition) is 4. The van der Waals surface area contributed by atoms with Crippen molar-refractivity contribution in [3.8, 4) is 6.07 Å². The molecule has 0 amide bonds. The Morgan fingerprint density at radius 2 is 2.00 bits per heavy atom. The molecule has 1 N–H and O–H groups in total. The Morgan fingerprint density at radius 3 is 2.57 bits per heavy atom. The van der Waals surface area contributed by atoms with Crippen LogP contribution in [0, 0.1) is 25.2 Å². The second-order valence-corrected chi connectivity index (χ2v) is 5.19. The largest absolute Gasteiger partial charge is 0.386 e. The van der Waals surface area contributed by atoms with E-state index in [1.54, 1.807) is 38.1 Å². The van der Waals surface area contributed by atoms with Gasteiger partial charge >= 0.3 is 0 Å². The van der Waals surface area contributed by atoms with Gasteiger partial charge in [-0.15, -0.1) is 0 Å². The highest BCUT2D eigenvalue weighted by Crippen LogP contribution is 2.17. The molecule has 1 heterocycles. The van der Waals surface area contributed by atoms with E-state index < -0.39 is 11.7 Å². The van der Waals surface area contributed by atoms with Crippen molar-refractivity contribution in [1.82, 2.24) is 9.78 Å². The Kier molecular flexibility index (Phi) is 4.41. The lowest BCUT2D eigenvalue weighted by atomic mass is 10.1. The molecule has 108 valence electrons. The third-order valence-corrected chi connectivity index (χ3v) is 3.60. The molecule has 0 aliphatic carbocycles. The number of nitriles is 1. The molecule has 5 nitrogen and oxygen atoms in total. The minimum atomic E-state index is -0.902. The van der Waals surface area contributed by atoms with Crippen LogP contribution in [0.5, 0.6) is 0 Å². The van der Waals surface area contributed by atoms with Crippen LogP contribution in [0.4, 0.5) is 0 Å². The van der Waals surface area contributed by atoms with Crippen molar-refractivity contribution in [1.29, 1.82) is 5.26 Å². The zero-order valence-corrected chi connectivity index (χ0v) is 12.4. The van der Waals surface area contributed by atoms with Crippen LogP contribution in [0.25, 0.3) is 0 Å². The third-order valence-electron chi connectivity index (χ3n) is 3.35. The van der Waals surface area contributed by atoms with Crippen LogP contribution in [-0.4, -0.2) is 14.9 Å². The van der Waals surface area contributed by atoms with Crippen molar-refractivity contribution >= 4 is 11.6 Å². The van der Waals surface area contributed by atoms with Gasteiger partial charge in [-0.25, -0.2) is 4.68 Å². The molecular weight excluding hydrogens is 290 g/mol. The number of rotatable bonds is 3. The van der Waals surface area contributed by atoms with Crippen molar-refractivity contribution in [2.24, 2.45) is 0 Å². The first-order chi connectivity index (χ1) is 9.93. The minimum Gasteiger partial charge on any atom is -0.386 e. The van der Waals surface area contributed by atoms with E-state index in [9.17, 15) is 9.90 Å². The van der Waals surface area contributed by atoms with E-state index in [-0.39, 0.29) is 12.1 Å². The molecule has 0 spiro atoms. The maximum absolute atomic E-state index is 12.1. The van der Waals surface area contributed by atoms with Gasteiger partial charge in [-0.3, -0.25) is 4.79 Å². The van der Waals surface area contributed by atoms with Crippen molar-refractivity contribution in [3.05, 3.63) is 62.0 Å². The summed E-state index contributed by atoms with van der Waals surface area (Å²) in [7, 11) is 0. The van der Waals surface area contributed by atoms with Gasteiger partial charge in [0.05, 0.1) is 18.3 Å². The maximum Gasteiger partial charge on any atom is 0.285 e. The molecule has 1 aromatic carbocycles. The fraction of sp³-hybridized carbons (Fsp3) is 0.267. The molecule has 0 saturated carbocycles. The highest BCUT2D eigenvalue weighted by molar-refractivity contribution is 6.30. The van der Waals surface area contributed by atoms with E-state index in [1.165, 1.54) is 0 Å². The van der Waals surface area contributed by atoms with Gasteiger partial charge in [0.2, 0.25) is 0 Å². The molecule has 0 radical (unpaired) electrons. The fourth-order valence-corrected chi connectivity index (χ4v) is 2.11. The quantitative estimate of drug-likeness (QED) is 0.942. The maximum atomic E-state index is 12.1. The lowest BCUT2D eigenvalue weighted by Crippen LogP contribution is -2.29. The Balaban J connectivity index is 2.36. The lowest BCUT2D eigenvalue weighted by molar-refractivity contribution is 0.149. The summed E-state index contributed by atoms with van der Waals surface area (Å²) in [6.07, 6.45) is -0.902. The van der Waals surface area contributed by atoms with E-state index in [0.29, 0.717) is 21.8 Å². The summed E-state index contributed by atoms with van der Waals surface area (Å²) >= 11 is 5.79. The molecule has 2 aromatic rings. The monoisotopic (exact) mass is 303 g/mol. The average molecular weight is 304 g/mol. The van der Waals surface area contributed by atoms with Crippen LogP contribution in [-0.2, 0) is 6.54 Å². The Morgan fingerprint density at radius 1 is 1.38 bits per heavy atom. The molecule has 6 heteroatoms. The first-order valence-electron chi connectivity index (χ1n) is 6.36. The molecule has 0 bridgehead atoms. The van der Waals surface area contributed by atoms with Crippen LogP contribution in [0.1, 0.15) is 28.5 Å². The SMILES string of the molecule is Cc1nn(CC(O)c2ccc(Cl)cc2)c(=O)c(C#N)c1C. The Hall–Kier alpha value is -2.16. The summed E-state index contributed by atoms with van der Waals surface area (Å²) in [5.41, 5.74) is 1.36. The number of aliphatic hydroxyl groups excluding tert-OH is 1. The van der Waals surface area contributed by atoms with Crippen molar-refractivity contribution in [2.75, 3.05) is 0 Å². The van der Waals surface area contributed by atoms with Crippen molar-refractivity contribution in [2.45, 2.75) is 26.5 Å². The van der Waals surface area contributed by atoms with E-state index in [1.807, 2.05) is 6.07 Å². The summed E-state index contributed by atoms with van der Waals surface area (Å²) in [6.45, 7) is 3.39. The van der Waals surface area contributed by atoms with Gasteiger partial charge in [0.25, 0.3) is 5.56 Å². The number of nitrogens with zero attached hydrogens (tertiary/aromatic N) is 3. The second kappa shape index (κ2) is 6.08. The Bertz CT molecular complexity index is 760. The highest BCUT2D eigenvalue weighted by Gasteiger charge is 2.15. The van der Waals surface area contributed by atoms with Gasteiger partial charge < -0.3 is 5.11 Å². The first-order valence-corrected chi connectivity index (χ1v) is 6.73. The van der Waals surface area contributed by atoms with E-state index in [0.717, 1.165) is 4.68 Å². The lowest BCUT2D eigenvalue weighted by Gasteiger charge is -2.14. The van der Waals surface area contributed by atoms with E-state index in [2.05, 4.69) is 5.10 Å². The molecule has 2 rings (SSSR count). The summed E-state index contributed by atoms with van der Waals surface area (Å²) < 4.78 is 1.13. The van der Waals surface area contributed by atoms with Crippen molar-refractivity contribution in [3.63, 3.8) is 0 Å². The molecule has 1 atom stereocenters. The topological polar surface area (TPSA) is 78.9 Å². The summed E-state index contributed by atoms with van der Waals surface area (Å²) in [5.74, 6) is 0. The van der Waals surface area contributed by atoms with Gasteiger partial charge in [0.1, 0.15) is 11.6 Å². The normalized spacial score (nSPS) is 12.0. The number of hydrogen-bond donors (Lipinski definition) is 1. The summed E-state index contributed by atoms with van der Waals surface area (Å²) in [4.78, 5) is 12.1. The van der Waals surface area contributed by atoms with Crippen molar-refractivity contribution < 1.29 is 5.11 Å². The molecule has 0 saturated heterocycles. The highest BCUT2D eigenvalue weighted by atomic mass is 35.5. The zero-order chi connectivity index (χ0) is 15.6. The number of benzene rings is 1. The van der Waals surface area contributed by atoms with E-state index >= 15 is 0 Å². The second-order valence-electron chi connectivity index (χ2n) is 4.75. The molecule has 1 aromatic heterocycles. The van der Waals surface area contributed by atoms with Gasteiger partial charge in [0.15, 0.2) is 0 Å². The average Bonchev–Trinajstić information content (AvgIpc) is 2.46. The third kappa shape index (κ3) is 3.13. The first kappa shape index (κ1) is 15.2. The molecule has 0 aliphatic rings. The van der Waals surface area contributed by atoms with E-state index in [4.69, 9.17) is 16.9 Å². The summed E-state index contributed by atoms with van der Waals surface area (Å²) in [5, 5.41) is 23.9. The molecule has 21 heavy (non-hydrogen) atoms. The van der Waals surface area contributed by atoms with Crippen LogP contribution in [0.3, 0.4) is 0 Å². The predicted molar refractivity (Wildman–Crippen MR) is 79.1 cm³/mol. The summed E-state index contributed by atoms with van der Waals surface area (Å²) in [6, 6.07) is 8.59. The molecule has 0 fully saturated rings. The molecule has 1 unspecified atom stereocenters. The fourth-order valence-electron chi connectivity index (χ4n) is 1.98. The van der Waals surface area contributed by atoms with Gasteiger partial charge in [-0.05, 0) is 37.1 Å². The van der Waals surface area contributed by atoms with Crippen LogP contribution < -0.4 is 5.56 Å². The number of aliphatic hydroxyl groups is 1. The minimum absolute atomic E-state index is 0.0176. The standard InChI is InChI=1S/C15H14ClN3O2/c1-9-10(2)18-19(15(21)13(9)7-17)8-14(20)11-3-5-12(16)6-4-11/h3-6,14,20H,8H2,1-2H3.